The van der Waals surface area contributed by atoms with Crippen LogP contribution in [0.5, 0.6) is 0 Å². The molecule has 0 radical (unpaired) electrons. The molecule has 0 fully saturated rings. The minimum atomic E-state index is -4.35. The minimum absolute atomic E-state index is 0.0706. The molecule has 0 aliphatic heterocycles. The van der Waals surface area contributed by atoms with E-state index in [4.69, 9.17) is 13.9 Å². The zero-order valence-electron chi connectivity index (χ0n) is 23.4. The molecule has 0 aliphatic rings. The summed E-state index contributed by atoms with van der Waals surface area (Å²) < 4.78 is 26.8. The number of rotatable bonds is 26. The number of amides is 1. The van der Waals surface area contributed by atoms with Gasteiger partial charge in [-0.25, -0.2) is 9.36 Å². The average Bonchev–Trinajstić information content (AvgIpc) is 2.83. The van der Waals surface area contributed by atoms with E-state index in [-0.39, 0.29) is 19.3 Å². The van der Waals surface area contributed by atoms with Crippen LogP contribution in [0.2, 0.25) is 0 Å². The molecule has 7 nitrogen and oxygen atoms in total. The van der Waals surface area contributed by atoms with E-state index in [1.165, 1.54) is 103 Å². The van der Waals surface area contributed by atoms with Gasteiger partial charge in [-0.15, -0.1) is 0 Å². The number of carbonyl (C=O) groups excluding carboxylic acids is 1. The van der Waals surface area contributed by atoms with Gasteiger partial charge in [-0.05, 0) is 27.2 Å². The van der Waals surface area contributed by atoms with E-state index in [1.54, 1.807) is 42.4 Å². The molecule has 10 heteroatoms. The Bertz CT molecular complexity index is 557. The predicted molar refractivity (Wildman–Crippen MR) is 155 cm³/mol. The van der Waals surface area contributed by atoms with E-state index in [2.05, 4.69) is 6.92 Å². The summed E-state index contributed by atoms with van der Waals surface area (Å²) in [5, 5.41) is 0.708. The number of hydrogen-bond acceptors (Lipinski definition) is 7. The van der Waals surface area contributed by atoms with E-state index in [0.717, 1.165) is 5.75 Å². The maximum absolute atomic E-state index is 12.0. The molecule has 0 rings (SSSR count). The van der Waals surface area contributed by atoms with E-state index in [9.17, 15) is 14.3 Å². The SMILES string of the molecule is CCCCCCCCCCCCCCCCCCSSCCOP(=O)(O)ON(CC)C(=O)OC(C)C. The highest BCUT2D eigenvalue weighted by molar-refractivity contribution is 8.76. The molecule has 36 heavy (non-hydrogen) atoms. The fourth-order valence-corrected chi connectivity index (χ4v) is 6.54. The fraction of sp³-hybridized carbons (Fsp3) is 0.962. The zero-order chi connectivity index (χ0) is 26.9. The van der Waals surface area contributed by atoms with Crippen LogP contribution < -0.4 is 0 Å². The van der Waals surface area contributed by atoms with Crippen molar-refractivity contribution in [2.24, 2.45) is 0 Å². The van der Waals surface area contributed by atoms with Gasteiger partial charge >= 0.3 is 13.9 Å². The lowest BCUT2D eigenvalue weighted by Crippen LogP contribution is -2.32. The summed E-state index contributed by atoms with van der Waals surface area (Å²) in [4.78, 5) is 21.6. The largest absolute Gasteiger partial charge is 0.494 e. The average molecular weight is 572 g/mol. The van der Waals surface area contributed by atoms with Gasteiger partial charge in [-0.1, -0.05) is 125 Å². The molecule has 1 atom stereocenters. The van der Waals surface area contributed by atoms with Crippen molar-refractivity contribution in [1.82, 2.24) is 5.06 Å². The molecular weight excluding hydrogens is 517 g/mol. The second-order valence-corrected chi connectivity index (χ2v) is 13.5. The van der Waals surface area contributed by atoms with Crippen molar-refractivity contribution in [2.75, 3.05) is 24.7 Å². The van der Waals surface area contributed by atoms with Crippen LogP contribution in [0.3, 0.4) is 0 Å². The van der Waals surface area contributed by atoms with Crippen LogP contribution >= 0.6 is 29.4 Å². The van der Waals surface area contributed by atoms with Gasteiger partial charge in [0.05, 0.1) is 12.7 Å². The molecule has 0 saturated carbocycles. The quantitative estimate of drug-likeness (QED) is 0.0475. The third-order valence-electron chi connectivity index (χ3n) is 5.61. The van der Waals surface area contributed by atoms with E-state index < -0.39 is 13.9 Å². The Labute approximate surface area is 229 Å². The summed E-state index contributed by atoms with van der Waals surface area (Å²) in [6.45, 7) is 7.42. The van der Waals surface area contributed by atoms with Gasteiger partial charge in [0.2, 0.25) is 0 Å². The third kappa shape index (κ3) is 24.4. The number of phosphoric ester groups is 1. The van der Waals surface area contributed by atoms with Crippen LogP contribution in [-0.2, 0) is 18.5 Å². The zero-order valence-corrected chi connectivity index (χ0v) is 25.9. The summed E-state index contributed by atoms with van der Waals surface area (Å²) in [5.41, 5.74) is 0. The maximum Gasteiger partial charge on any atom is 0.494 e. The Hall–Kier alpha value is 0.0800. The van der Waals surface area contributed by atoms with Crippen LogP contribution in [0, 0.1) is 0 Å². The first-order chi connectivity index (χ1) is 17.3. The van der Waals surface area contributed by atoms with Gasteiger partial charge in [0, 0.05) is 18.1 Å². The monoisotopic (exact) mass is 571 g/mol. The lowest BCUT2D eigenvalue weighted by atomic mass is 10.0. The Morgan fingerprint density at radius 1 is 0.778 bits per heavy atom. The van der Waals surface area contributed by atoms with Gasteiger partial charge in [0.25, 0.3) is 0 Å². The highest BCUT2D eigenvalue weighted by atomic mass is 33.1. The smallest absolute Gasteiger partial charge is 0.445 e. The molecular formula is C26H54NO6PS2. The van der Waals surface area contributed by atoms with E-state index in [0.29, 0.717) is 10.8 Å². The van der Waals surface area contributed by atoms with Crippen molar-refractivity contribution in [3.8, 4) is 0 Å². The predicted octanol–water partition coefficient (Wildman–Crippen LogP) is 9.54. The van der Waals surface area contributed by atoms with Crippen molar-refractivity contribution in [1.29, 1.82) is 0 Å². The molecule has 0 aromatic heterocycles. The van der Waals surface area contributed by atoms with Gasteiger partial charge in [0.1, 0.15) is 0 Å². The summed E-state index contributed by atoms with van der Waals surface area (Å²) in [6, 6.07) is 0. The van der Waals surface area contributed by atoms with Gasteiger partial charge in [-0.3, -0.25) is 4.52 Å². The Kier molecular flexibility index (Phi) is 25.4. The summed E-state index contributed by atoms with van der Waals surface area (Å²) >= 11 is 0. The minimum Gasteiger partial charge on any atom is -0.445 e. The number of unbranched alkanes of at least 4 members (excludes halogenated alkanes) is 15. The van der Waals surface area contributed by atoms with Crippen LogP contribution in [0.4, 0.5) is 4.79 Å². The second-order valence-electron chi connectivity index (χ2n) is 9.46. The molecule has 0 saturated heterocycles. The fourth-order valence-electron chi connectivity index (χ4n) is 3.64. The van der Waals surface area contributed by atoms with Gasteiger partial charge in [0.15, 0.2) is 0 Å². The molecule has 0 aromatic carbocycles. The number of hydrogen-bond donors (Lipinski definition) is 1. The molecule has 0 spiro atoms. The molecule has 0 aliphatic carbocycles. The summed E-state index contributed by atoms with van der Waals surface area (Å²) in [7, 11) is -0.975. The Morgan fingerprint density at radius 3 is 1.67 bits per heavy atom. The third-order valence-corrected chi connectivity index (χ3v) is 8.98. The van der Waals surface area contributed by atoms with Crippen molar-refractivity contribution >= 4 is 35.5 Å². The van der Waals surface area contributed by atoms with E-state index in [1.807, 2.05) is 0 Å². The normalized spacial score (nSPS) is 13.2. The molecule has 0 bridgehead atoms. The molecule has 1 N–H and O–H groups in total. The maximum atomic E-state index is 12.0. The van der Waals surface area contributed by atoms with Crippen LogP contribution in [0.15, 0.2) is 0 Å². The standard InChI is InChI=1S/C26H54NO6PS2/c1-5-7-8-9-10-11-12-13-14-15-16-17-18-19-20-21-23-35-36-24-22-31-34(29,30)33-27(6-2)26(28)32-25(3)4/h25H,5-24H2,1-4H3,(H,29,30). The number of hydroxylamine groups is 2. The molecule has 1 unspecified atom stereocenters. The lowest BCUT2D eigenvalue weighted by molar-refractivity contribution is -0.0747. The van der Waals surface area contributed by atoms with Crippen LogP contribution in [0.25, 0.3) is 0 Å². The van der Waals surface area contributed by atoms with Crippen LogP contribution in [-0.4, -0.2) is 46.8 Å². The highest BCUT2D eigenvalue weighted by Gasteiger charge is 2.29. The molecule has 216 valence electrons. The highest BCUT2D eigenvalue weighted by Crippen LogP contribution is 2.44. The number of nitrogens with zero attached hydrogens (tertiary/aromatic N) is 1. The number of phosphoric acid groups is 1. The van der Waals surface area contributed by atoms with Crippen molar-refractivity contribution in [2.45, 2.75) is 137 Å². The Morgan fingerprint density at radius 2 is 1.22 bits per heavy atom. The lowest BCUT2D eigenvalue weighted by Gasteiger charge is -2.22. The summed E-state index contributed by atoms with van der Waals surface area (Å²) in [6.07, 6.45) is 20.8. The van der Waals surface area contributed by atoms with Gasteiger partial charge in [-0.2, -0.15) is 9.69 Å². The molecule has 0 aromatic rings. The van der Waals surface area contributed by atoms with E-state index >= 15 is 0 Å². The molecule has 1 amide bonds. The number of ether oxygens (including phenoxy) is 1. The van der Waals surface area contributed by atoms with Crippen molar-refractivity contribution < 1.29 is 28.1 Å². The first kappa shape index (κ1) is 36.1. The van der Waals surface area contributed by atoms with Crippen molar-refractivity contribution in [3.05, 3.63) is 0 Å². The second kappa shape index (κ2) is 25.4. The Balaban J connectivity index is 3.45. The van der Waals surface area contributed by atoms with Crippen molar-refractivity contribution in [3.63, 3.8) is 0 Å². The first-order valence-electron chi connectivity index (χ1n) is 14.2. The van der Waals surface area contributed by atoms with Crippen LogP contribution in [0.1, 0.15) is 130 Å². The number of carbonyl (C=O) groups is 1. The topological polar surface area (TPSA) is 85.3 Å². The summed E-state index contributed by atoms with van der Waals surface area (Å²) in [5.74, 6) is 1.64. The first-order valence-corrected chi connectivity index (χ1v) is 18.2. The van der Waals surface area contributed by atoms with Gasteiger partial charge < -0.3 is 9.63 Å². The molecule has 0 heterocycles.